The van der Waals surface area contributed by atoms with Crippen molar-refractivity contribution in [2.75, 3.05) is 14.2 Å². The van der Waals surface area contributed by atoms with E-state index in [1.807, 2.05) is 18.2 Å². The lowest BCUT2D eigenvalue weighted by Gasteiger charge is -2.14. The number of Topliss-reactive ketones (excluding diaryl/α,β-unsaturated/α-hetero) is 1. The van der Waals surface area contributed by atoms with Gasteiger partial charge in [-0.05, 0) is 36.1 Å². The standard InChI is InChI=1S/C14H16O3/c1-9-6-10(7-13(9)15)12-8-11(16-2)4-5-14(12)17-3/h4-5,8,10H,1,6-7H2,2-3H3. The molecule has 1 fully saturated rings. The molecule has 1 atom stereocenters. The summed E-state index contributed by atoms with van der Waals surface area (Å²) in [6.45, 7) is 3.79. The molecule has 0 heterocycles. The van der Waals surface area contributed by atoms with Crippen LogP contribution in [0.4, 0.5) is 0 Å². The molecule has 1 aliphatic carbocycles. The second-order valence-electron chi connectivity index (χ2n) is 4.24. The topological polar surface area (TPSA) is 35.5 Å². The summed E-state index contributed by atoms with van der Waals surface area (Å²) in [5.41, 5.74) is 1.73. The first-order chi connectivity index (χ1) is 8.15. The largest absolute Gasteiger partial charge is 0.497 e. The zero-order valence-corrected chi connectivity index (χ0v) is 10.2. The molecule has 0 bridgehead atoms. The highest BCUT2D eigenvalue weighted by molar-refractivity contribution is 5.98. The van der Waals surface area contributed by atoms with Crippen molar-refractivity contribution in [3.63, 3.8) is 0 Å². The smallest absolute Gasteiger partial charge is 0.158 e. The Bertz CT molecular complexity index is 447. The number of methoxy groups -OCH3 is 2. The van der Waals surface area contributed by atoms with Gasteiger partial charge in [0.05, 0.1) is 14.2 Å². The maximum Gasteiger partial charge on any atom is 0.158 e. The van der Waals surface area contributed by atoms with Gasteiger partial charge in [-0.1, -0.05) is 6.58 Å². The molecule has 0 saturated heterocycles. The Balaban J connectivity index is 2.36. The van der Waals surface area contributed by atoms with E-state index in [-0.39, 0.29) is 11.7 Å². The van der Waals surface area contributed by atoms with Crippen LogP contribution < -0.4 is 9.47 Å². The molecule has 0 aromatic heterocycles. The van der Waals surface area contributed by atoms with Crippen LogP contribution in [0.5, 0.6) is 11.5 Å². The first kappa shape index (κ1) is 11.7. The average Bonchev–Trinajstić information content (AvgIpc) is 2.68. The Morgan fingerprint density at radius 2 is 2.00 bits per heavy atom. The van der Waals surface area contributed by atoms with Gasteiger partial charge < -0.3 is 9.47 Å². The lowest BCUT2D eigenvalue weighted by atomic mass is 9.96. The van der Waals surface area contributed by atoms with Gasteiger partial charge in [-0.25, -0.2) is 0 Å². The van der Waals surface area contributed by atoms with Crippen molar-refractivity contribution in [2.45, 2.75) is 18.8 Å². The van der Waals surface area contributed by atoms with Gasteiger partial charge in [0, 0.05) is 12.0 Å². The molecule has 1 aromatic carbocycles. The summed E-state index contributed by atoms with van der Waals surface area (Å²) in [5.74, 6) is 1.91. The second-order valence-corrected chi connectivity index (χ2v) is 4.24. The molecule has 1 aliphatic rings. The molecule has 3 heteroatoms. The van der Waals surface area contributed by atoms with Crippen LogP contribution in [0.15, 0.2) is 30.4 Å². The molecule has 1 unspecified atom stereocenters. The summed E-state index contributed by atoms with van der Waals surface area (Å²) in [4.78, 5) is 11.5. The predicted molar refractivity (Wildman–Crippen MR) is 65.7 cm³/mol. The second kappa shape index (κ2) is 4.62. The molecule has 1 saturated carbocycles. The Kier molecular flexibility index (Phi) is 3.18. The minimum absolute atomic E-state index is 0.153. The molecule has 17 heavy (non-hydrogen) atoms. The summed E-state index contributed by atoms with van der Waals surface area (Å²) in [7, 11) is 3.27. The quantitative estimate of drug-likeness (QED) is 0.752. The fourth-order valence-corrected chi connectivity index (χ4v) is 2.23. The maximum absolute atomic E-state index is 11.5. The molecule has 3 nitrogen and oxygen atoms in total. The molecule has 0 radical (unpaired) electrons. The van der Waals surface area contributed by atoms with Gasteiger partial charge in [0.2, 0.25) is 0 Å². The SMILES string of the molecule is C=C1CC(c2cc(OC)ccc2OC)CC1=O. The molecule has 90 valence electrons. The van der Waals surface area contributed by atoms with E-state index in [9.17, 15) is 4.79 Å². The van der Waals surface area contributed by atoms with Crippen molar-refractivity contribution in [1.29, 1.82) is 0 Å². The monoisotopic (exact) mass is 232 g/mol. The number of benzene rings is 1. The van der Waals surface area contributed by atoms with E-state index in [1.165, 1.54) is 0 Å². The lowest BCUT2D eigenvalue weighted by Crippen LogP contribution is -1.99. The van der Waals surface area contributed by atoms with E-state index >= 15 is 0 Å². The molecular formula is C14H16O3. The Hall–Kier alpha value is -1.77. The summed E-state index contributed by atoms with van der Waals surface area (Å²) < 4.78 is 10.5. The lowest BCUT2D eigenvalue weighted by molar-refractivity contribution is -0.114. The van der Waals surface area contributed by atoms with Crippen LogP contribution in [-0.4, -0.2) is 20.0 Å². The van der Waals surface area contributed by atoms with Crippen LogP contribution in [0.1, 0.15) is 24.3 Å². The van der Waals surface area contributed by atoms with E-state index in [1.54, 1.807) is 14.2 Å². The Morgan fingerprint density at radius 1 is 1.24 bits per heavy atom. The summed E-state index contributed by atoms with van der Waals surface area (Å²) >= 11 is 0. The first-order valence-corrected chi connectivity index (χ1v) is 5.58. The van der Waals surface area contributed by atoms with Gasteiger partial charge in [-0.15, -0.1) is 0 Å². The third-order valence-electron chi connectivity index (χ3n) is 3.20. The van der Waals surface area contributed by atoms with Gasteiger partial charge in [-0.2, -0.15) is 0 Å². The molecule has 2 rings (SSSR count). The van der Waals surface area contributed by atoms with Crippen molar-refractivity contribution in [1.82, 2.24) is 0 Å². The zero-order valence-electron chi connectivity index (χ0n) is 10.2. The normalized spacial score (nSPS) is 19.5. The van der Waals surface area contributed by atoms with Crippen molar-refractivity contribution in [3.8, 4) is 11.5 Å². The molecule has 0 aliphatic heterocycles. The highest BCUT2D eigenvalue weighted by atomic mass is 16.5. The number of hydrogen-bond donors (Lipinski definition) is 0. The predicted octanol–water partition coefficient (Wildman–Crippen LogP) is 2.71. The summed E-state index contributed by atoms with van der Waals surface area (Å²) in [6.07, 6.45) is 1.23. The Morgan fingerprint density at radius 3 is 2.53 bits per heavy atom. The van der Waals surface area contributed by atoms with E-state index in [0.717, 1.165) is 17.1 Å². The van der Waals surface area contributed by atoms with E-state index in [0.29, 0.717) is 18.4 Å². The van der Waals surface area contributed by atoms with Crippen LogP contribution >= 0.6 is 0 Å². The minimum atomic E-state index is 0.153. The fourth-order valence-electron chi connectivity index (χ4n) is 2.23. The van der Waals surface area contributed by atoms with Crippen LogP contribution in [0, 0.1) is 0 Å². The Labute approximate surface area is 101 Å². The van der Waals surface area contributed by atoms with Crippen LogP contribution in [0.25, 0.3) is 0 Å². The zero-order chi connectivity index (χ0) is 12.4. The third kappa shape index (κ3) is 2.18. The van der Waals surface area contributed by atoms with E-state index < -0.39 is 0 Å². The van der Waals surface area contributed by atoms with Crippen LogP contribution in [0.2, 0.25) is 0 Å². The molecule has 0 spiro atoms. The third-order valence-corrected chi connectivity index (χ3v) is 3.20. The first-order valence-electron chi connectivity index (χ1n) is 5.58. The van der Waals surface area contributed by atoms with Crippen molar-refractivity contribution in [2.24, 2.45) is 0 Å². The number of ether oxygens (including phenoxy) is 2. The van der Waals surface area contributed by atoms with Crippen LogP contribution in [0.3, 0.4) is 0 Å². The highest BCUT2D eigenvalue weighted by Crippen LogP contribution is 2.40. The fraction of sp³-hybridized carbons (Fsp3) is 0.357. The van der Waals surface area contributed by atoms with E-state index in [4.69, 9.17) is 9.47 Å². The maximum atomic E-state index is 11.5. The summed E-state index contributed by atoms with van der Waals surface area (Å²) in [6, 6.07) is 5.67. The van der Waals surface area contributed by atoms with Gasteiger partial charge >= 0.3 is 0 Å². The number of rotatable bonds is 3. The van der Waals surface area contributed by atoms with Crippen LogP contribution in [-0.2, 0) is 4.79 Å². The van der Waals surface area contributed by atoms with Gasteiger partial charge in [0.15, 0.2) is 5.78 Å². The number of ketones is 1. The number of allylic oxidation sites excluding steroid dienone is 1. The molecule has 1 aromatic rings. The van der Waals surface area contributed by atoms with Gasteiger partial charge in [0.1, 0.15) is 11.5 Å². The minimum Gasteiger partial charge on any atom is -0.497 e. The van der Waals surface area contributed by atoms with Crippen molar-refractivity contribution in [3.05, 3.63) is 35.9 Å². The van der Waals surface area contributed by atoms with Gasteiger partial charge in [0.25, 0.3) is 0 Å². The number of hydrogen-bond acceptors (Lipinski definition) is 3. The average molecular weight is 232 g/mol. The molecular weight excluding hydrogens is 216 g/mol. The van der Waals surface area contributed by atoms with E-state index in [2.05, 4.69) is 6.58 Å². The number of carbonyl (C=O) groups is 1. The molecule has 0 amide bonds. The van der Waals surface area contributed by atoms with Crippen molar-refractivity contribution >= 4 is 5.78 Å². The summed E-state index contributed by atoms with van der Waals surface area (Å²) in [5, 5.41) is 0. The van der Waals surface area contributed by atoms with Crippen molar-refractivity contribution < 1.29 is 14.3 Å². The number of carbonyl (C=O) groups excluding carboxylic acids is 1. The highest BCUT2D eigenvalue weighted by Gasteiger charge is 2.29. The van der Waals surface area contributed by atoms with Gasteiger partial charge in [-0.3, -0.25) is 4.79 Å². The molecule has 0 N–H and O–H groups in total.